The third kappa shape index (κ3) is 3.76. The number of benzene rings is 1. The maximum atomic E-state index is 12.9. The van der Waals surface area contributed by atoms with E-state index in [-0.39, 0.29) is 11.9 Å². The fraction of sp³-hybridized carbons (Fsp3) is 0.273. The van der Waals surface area contributed by atoms with Crippen molar-refractivity contribution in [3.8, 4) is 0 Å². The van der Waals surface area contributed by atoms with Crippen LogP contribution in [0.25, 0.3) is 10.9 Å². The number of H-pyrrole nitrogens is 1. The Morgan fingerprint density at radius 3 is 2.59 bits per heavy atom. The smallest absolute Gasteiger partial charge is 0.295 e. The molecule has 1 saturated heterocycles. The lowest BCUT2D eigenvalue weighted by atomic mass is 10.0. The van der Waals surface area contributed by atoms with Crippen molar-refractivity contribution in [2.45, 2.75) is 25.8 Å². The fourth-order valence-electron chi connectivity index (χ4n) is 3.81. The summed E-state index contributed by atoms with van der Waals surface area (Å²) in [6, 6.07) is 10.9. The highest BCUT2D eigenvalue weighted by Gasteiger charge is 2.30. The number of likely N-dealkylation sites (tertiary alicyclic amines) is 1. The Morgan fingerprint density at radius 1 is 1.10 bits per heavy atom. The summed E-state index contributed by atoms with van der Waals surface area (Å²) < 4.78 is 0. The van der Waals surface area contributed by atoms with E-state index in [1.165, 1.54) is 6.20 Å². The molecule has 7 nitrogen and oxygen atoms in total. The van der Waals surface area contributed by atoms with Gasteiger partial charge in [-0.1, -0.05) is 18.2 Å². The number of para-hydroxylation sites is 1. The van der Waals surface area contributed by atoms with Crippen molar-refractivity contribution in [2.24, 2.45) is 0 Å². The zero-order valence-corrected chi connectivity index (χ0v) is 16.1. The van der Waals surface area contributed by atoms with Gasteiger partial charge in [0.05, 0.1) is 11.1 Å². The van der Waals surface area contributed by atoms with Gasteiger partial charge in [0.15, 0.2) is 0 Å². The van der Waals surface area contributed by atoms with E-state index in [1.54, 1.807) is 30.2 Å². The lowest BCUT2D eigenvalue weighted by Gasteiger charge is -2.32. The van der Waals surface area contributed by atoms with E-state index in [0.29, 0.717) is 42.8 Å². The second-order valence-corrected chi connectivity index (χ2v) is 7.28. The Labute approximate surface area is 168 Å². The molecule has 0 atom stereocenters. The number of aromatic nitrogens is 2. The number of rotatable bonds is 4. The molecule has 0 spiro atoms. The van der Waals surface area contributed by atoms with E-state index in [2.05, 4.69) is 15.3 Å². The van der Waals surface area contributed by atoms with E-state index in [0.717, 1.165) is 10.9 Å². The third-order valence-electron chi connectivity index (χ3n) is 5.36. The molecule has 4 rings (SSSR count). The molecule has 0 radical (unpaired) electrons. The van der Waals surface area contributed by atoms with Crippen LogP contribution in [0.5, 0.6) is 0 Å². The fourth-order valence-corrected chi connectivity index (χ4v) is 3.81. The summed E-state index contributed by atoms with van der Waals surface area (Å²) in [6.45, 7) is 2.68. The number of aromatic amines is 1. The molecule has 1 aliphatic heterocycles. The lowest BCUT2D eigenvalue weighted by molar-refractivity contribution is -0.127. The number of fused-ring (bicyclic) bond motifs is 1. The largest absolute Gasteiger partial charge is 0.358 e. The van der Waals surface area contributed by atoms with Gasteiger partial charge in [0, 0.05) is 48.1 Å². The maximum Gasteiger partial charge on any atom is 0.295 e. The van der Waals surface area contributed by atoms with Crippen molar-refractivity contribution < 1.29 is 14.4 Å². The van der Waals surface area contributed by atoms with Crippen LogP contribution in [-0.2, 0) is 4.79 Å². The number of pyridine rings is 1. The topological polar surface area (TPSA) is 95.2 Å². The van der Waals surface area contributed by atoms with Gasteiger partial charge in [-0.15, -0.1) is 0 Å². The van der Waals surface area contributed by atoms with Gasteiger partial charge < -0.3 is 15.2 Å². The maximum absolute atomic E-state index is 12.9. The number of piperidine rings is 1. The number of nitrogens with one attached hydrogen (secondary N) is 2. The van der Waals surface area contributed by atoms with E-state index in [1.807, 2.05) is 24.3 Å². The highest BCUT2D eigenvalue weighted by atomic mass is 16.2. The normalized spacial score (nSPS) is 14.7. The molecule has 2 aromatic heterocycles. The number of nitrogens with zero attached hydrogens (tertiary/aromatic N) is 2. The summed E-state index contributed by atoms with van der Waals surface area (Å²) in [5.74, 6) is -1.15. The van der Waals surface area contributed by atoms with Crippen LogP contribution in [0, 0.1) is 6.92 Å². The van der Waals surface area contributed by atoms with Crippen molar-refractivity contribution in [1.29, 1.82) is 0 Å². The number of hydrogen-bond donors (Lipinski definition) is 2. The molecule has 0 aliphatic carbocycles. The van der Waals surface area contributed by atoms with Crippen LogP contribution in [0.15, 0.2) is 48.8 Å². The second-order valence-electron chi connectivity index (χ2n) is 7.28. The van der Waals surface area contributed by atoms with Crippen LogP contribution in [0.1, 0.15) is 39.3 Å². The SMILES string of the molecule is Cc1[nH]c2ccccc2c1C(=O)C(=O)N1CCC(NC(=O)c2cccnc2)CC1. The van der Waals surface area contributed by atoms with Gasteiger partial charge in [-0.2, -0.15) is 0 Å². The molecular formula is C22H22N4O3. The van der Waals surface area contributed by atoms with Gasteiger partial charge in [0.1, 0.15) is 0 Å². The van der Waals surface area contributed by atoms with Gasteiger partial charge in [-0.3, -0.25) is 19.4 Å². The van der Waals surface area contributed by atoms with Crippen LogP contribution in [-0.4, -0.2) is 51.6 Å². The second kappa shape index (κ2) is 7.87. The Balaban J connectivity index is 1.39. The monoisotopic (exact) mass is 390 g/mol. The average molecular weight is 390 g/mol. The van der Waals surface area contributed by atoms with Gasteiger partial charge in [0.25, 0.3) is 17.6 Å². The molecule has 3 aromatic rings. The van der Waals surface area contributed by atoms with Gasteiger partial charge in [-0.25, -0.2) is 0 Å². The van der Waals surface area contributed by atoms with Crippen molar-refractivity contribution in [3.05, 3.63) is 65.6 Å². The molecule has 0 saturated carbocycles. The molecule has 2 amide bonds. The van der Waals surface area contributed by atoms with Crippen molar-refractivity contribution in [1.82, 2.24) is 20.2 Å². The Kier molecular flexibility index (Phi) is 5.12. The van der Waals surface area contributed by atoms with Crippen LogP contribution in [0.2, 0.25) is 0 Å². The summed E-state index contributed by atoms with van der Waals surface area (Å²) in [7, 11) is 0. The van der Waals surface area contributed by atoms with E-state index < -0.39 is 11.7 Å². The molecule has 1 aliphatic rings. The molecule has 3 heterocycles. The first kappa shape index (κ1) is 18.9. The Morgan fingerprint density at radius 2 is 1.86 bits per heavy atom. The number of carbonyl (C=O) groups excluding carboxylic acids is 3. The van der Waals surface area contributed by atoms with Gasteiger partial charge >= 0.3 is 0 Å². The molecule has 1 fully saturated rings. The van der Waals surface area contributed by atoms with E-state index in [4.69, 9.17) is 0 Å². The molecule has 0 bridgehead atoms. The Bertz CT molecular complexity index is 1070. The molecule has 0 unspecified atom stereocenters. The number of aryl methyl sites for hydroxylation is 1. The van der Waals surface area contributed by atoms with Crippen LogP contribution < -0.4 is 5.32 Å². The predicted octanol–water partition coefficient (Wildman–Crippen LogP) is 2.48. The molecule has 148 valence electrons. The number of amides is 2. The predicted molar refractivity (Wildman–Crippen MR) is 109 cm³/mol. The molecular weight excluding hydrogens is 368 g/mol. The van der Waals surface area contributed by atoms with E-state index in [9.17, 15) is 14.4 Å². The number of hydrogen-bond acceptors (Lipinski definition) is 4. The van der Waals surface area contributed by atoms with Gasteiger partial charge in [-0.05, 0) is 38.0 Å². The van der Waals surface area contributed by atoms with E-state index >= 15 is 0 Å². The summed E-state index contributed by atoms with van der Waals surface area (Å²) in [5, 5.41) is 3.74. The highest BCUT2D eigenvalue weighted by Crippen LogP contribution is 2.23. The van der Waals surface area contributed by atoms with Gasteiger partial charge in [0.2, 0.25) is 0 Å². The molecule has 2 N–H and O–H groups in total. The zero-order chi connectivity index (χ0) is 20.4. The number of carbonyl (C=O) groups is 3. The highest BCUT2D eigenvalue weighted by molar-refractivity contribution is 6.45. The van der Waals surface area contributed by atoms with Crippen LogP contribution in [0.4, 0.5) is 0 Å². The minimum atomic E-state index is -0.491. The Hall–Kier alpha value is -3.48. The lowest BCUT2D eigenvalue weighted by Crippen LogP contribution is -2.48. The summed E-state index contributed by atoms with van der Waals surface area (Å²) >= 11 is 0. The van der Waals surface area contributed by atoms with Crippen LogP contribution >= 0.6 is 0 Å². The average Bonchev–Trinajstić information content (AvgIpc) is 3.09. The number of Topliss-reactive ketones (excluding diaryl/α,β-unsaturated/α-hetero) is 1. The summed E-state index contributed by atoms with van der Waals surface area (Å²) in [4.78, 5) is 46.7. The molecule has 7 heteroatoms. The minimum Gasteiger partial charge on any atom is -0.358 e. The molecule has 29 heavy (non-hydrogen) atoms. The first-order valence-corrected chi connectivity index (χ1v) is 9.66. The standard InChI is InChI=1S/C22H22N4O3/c1-14-19(17-6-2-3-7-18(17)24-14)20(27)22(29)26-11-8-16(9-12-26)25-21(28)15-5-4-10-23-13-15/h2-7,10,13,16,24H,8-9,11-12H2,1H3,(H,25,28). The molecule has 1 aromatic carbocycles. The van der Waals surface area contributed by atoms with Crippen molar-refractivity contribution in [3.63, 3.8) is 0 Å². The van der Waals surface area contributed by atoms with Crippen molar-refractivity contribution in [2.75, 3.05) is 13.1 Å². The minimum absolute atomic E-state index is 0.0308. The third-order valence-corrected chi connectivity index (χ3v) is 5.36. The summed E-state index contributed by atoms with van der Waals surface area (Å²) in [5.41, 5.74) is 2.50. The first-order valence-electron chi connectivity index (χ1n) is 9.66. The quantitative estimate of drug-likeness (QED) is 0.528. The number of ketones is 1. The summed E-state index contributed by atoms with van der Waals surface area (Å²) in [6.07, 6.45) is 4.36. The first-order chi connectivity index (χ1) is 14.0. The van der Waals surface area contributed by atoms with Crippen molar-refractivity contribution >= 4 is 28.5 Å². The zero-order valence-electron chi connectivity index (χ0n) is 16.1. The van der Waals surface area contributed by atoms with Crippen LogP contribution in [0.3, 0.4) is 0 Å².